The summed E-state index contributed by atoms with van der Waals surface area (Å²) in [6.07, 6.45) is 50.2. The Morgan fingerprint density at radius 2 is 0.744 bits per heavy atom. The molecule has 1 atom stereocenters. The Bertz CT molecular complexity index is 646. The first-order valence-corrected chi connectivity index (χ1v) is 20.3. The third-order valence-corrected chi connectivity index (χ3v) is 10.1. The SMILES string of the molecule is CCCCCCCCCCCCCCCCCC(C)[n+]1cc[nH]c1C(CCCCCCCCC)CCCCCCCCC. The highest BCUT2D eigenvalue weighted by Crippen LogP contribution is 2.27. The van der Waals surface area contributed by atoms with E-state index in [4.69, 9.17) is 0 Å². The first-order chi connectivity index (χ1) is 21.2. The highest BCUT2D eigenvalue weighted by molar-refractivity contribution is 4.90. The first-order valence-electron chi connectivity index (χ1n) is 20.3. The van der Waals surface area contributed by atoms with E-state index in [9.17, 15) is 0 Å². The van der Waals surface area contributed by atoms with Crippen LogP contribution in [0.2, 0.25) is 0 Å². The van der Waals surface area contributed by atoms with Crippen LogP contribution < -0.4 is 4.57 Å². The molecule has 2 heteroatoms. The maximum absolute atomic E-state index is 3.74. The van der Waals surface area contributed by atoms with Gasteiger partial charge in [0, 0.05) is 0 Å². The molecule has 254 valence electrons. The monoisotopic (exact) mass is 602 g/mol. The minimum absolute atomic E-state index is 0.619. The van der Waals surface area contributed by atoms with Crippen LogP contribution in [0.1, 0.15) is 251 Å². The predicted octanol–water partition coefficient (Wildman–Crippen LogP) is 14.5. The molecule has 0 aliphatic heterocycles. The van der Waals surface area contributed by atoms with Crippen molar-refractivity contribution in [2.24, 2.45) is 0 Å². The molecule has 0 aliphatic carbocycles. The maximum Gasteiger partial charge on any atom is 0.257 e. The Hall–Kier alpha value is -0.790. The van der Waals surface area contributed by atoms with Gasteiger partial charge < -0.3 is 0 Å². The van der Waals surface area contributed by atoms with Crippen LogP contribution in [0.3, 0.4) is 0 Å². The van der Waals surface area contributed by atoms with Gasteiger partial charge in [-0.3, -0.25) is 0 Å². The summed E-state index contributed by atoms with van der Waals surface area (Å²) in [4.78, 5) is 3.74. The number of nitrogens with one attached hydrogen (secondary N) is 1. The van der Waals surface area contributed by atoms with Crippen molar-refractivity contribution in [3.05, 3.63) is 18.2 Å². The summed E-state index contributed by atoms with van der Waals surface area (Å²) in [6, 6.07) is 0.619. The molecule has 0 saturated heterocycles. The third kappa shape index (κ3) is 23.2. The largest absolute Gasteiger partial charge is 0.257 e. The molecule has 1 heterocycles. The number of aromatic nitrogens is 2. The van der Waals surface area contributed by atoms with Gasteiger partial charge >= 0.3 is 0 Å². The summed E-state index contributed by atoms with van der Waals surface area (Å²) >= 11 is 0. The van der Waals surface area contributed by atoms with Crippen LogP contribution in [-0.4, -0.2) is 4.98 Å². The molecule has 0 saturated carbocycles. The molecule has 0 radical (unpaired) electrons. The zero-order chi connectivity index (χ0) is 31.1. The summed E-state index contributed by atoms with van der Waals surface area (Å²) in [6.45, 7) is 9.42. The molecule has 43 heavy (non-hydrogen) atoms. The number of unbranched alkanes of at least 4 members (excludes halogenated alkanes) is 26. The van der Waals surface area contributed by atoms with E-state index >= 15 is 0 Å². The second kappa shape index (κ2) is 31.2. The van der Waals surface area contributed by atoms with E-state index in [1.165, 1.54) is 211 Å². The number of imidazole rings is 1. The van der Waals surface area contributed by atoms with Crippen molar-refractivity contribution in [2.75, 3.05) is 0 Å². The zero-order valence-electron chi connectivity index (χ0n) is 30.4. The van der Waals surface area contributed by atoms with Gasteiger partial charge in [0.25, 0.3) is 5.82 Å². The molecular weight excluding hydrogens is 520 g/mol. The van der Waals surface area contributed by atoms with Gasteiger partial charge in [0.15, 0.2) is 0 Å². The maximum atomic E-state index is 3.74. The summed E-state index contributed by atoms with van der Waals surface area (Å²) in [7, 11) is 0. The van der Waals surface area contributed by atoms with Gasteiger partial charge in [0.05, 0.1) is 12.0 Å². The fourth-order valence-electron chi connectivity index (χ4n) is 7.13. The van der Waals surface area contributed by atoms with Gasteiger partial charge in [0.2, 0.25) is 0 Å². The van der Waals surface area contributed by atoms with Crippen LogP contribution >= 0.6 is 0 Å². The van der Waals surface area contributed by atoms with Gasteiger partial charge in [0.1, 0.15) is 12.4 Å². The van der Waals surface area contributed by atoms with Crippen LogP contribution in [0.4, 0.5) is 0 Å². The average Bonchev–Trinajstić information content (AvgIpc) is 3.51. The molecule has 0 bridgehead atoms. The van der Waals surface area contributed by atoms with Gasteiger partial charge in [-0.05, 0) is 32.6 Å². The van der Waals surface area contributed by atoms with Gasteiger partial charge in [-0.2, -0.15) is 0 Å². The Morgan fingerprint density at radius 3 is 1.09 bits per heavy atom. The Kier molecular flexibility index (Phi) is 29.2. The second-order valence-corrected chi connectivity index (χ2v) is 14.4. The molecule has 1 unspecified atom stereocenters. The minimum Gasteiger partial charge on any atom is -0.247 e. The van der Waals surface area contributed by atoms with E-state index in [-0.39, 0.29) is 0 Å². The number of rotatable bonds is 34. The molecule has 1 N–H and O–H groups in total. The number of nitrogens with zero attached hydrogens (tertiary/aromatic N) is 1. The van der Waals surface area contributed by atoms with E-state index in [0.717, 1.165) is 0 Å². The van der Waals surface area contributed by atoms with E-state index in [0.29, 0.717) is 12.0 Å². The molecule has 0 aromatic carbocycles. The Morgan fingerprint density at radius 1 is 0.442 bits per heavy atom. The molecule has 0 amide bonds. The van der Waals surface area contributed by atoms with E-state index < -0.39 is 0 Å². The van der Waals surface area contributed by atoms with Crippen LogP contribution in [0.25, 0.3) is 0 Å². The topological polar surface area (TPSA) is 19.7 Å². The first kappa shape index (κ1) is 40.2. The average molecular weight is 602 g/mol. The minimum atomic E-state index is 0.619. The van der Waals surface area contributed by atoms with Crippen molar-refractivity contribution < 1.29 is 4.57 Å². The van der Waals surface area contributed by atoms with Crippen LogP contribution in [-0.2, 0) is 0 Å². The van der Waals surface area contributed by atoms with Gasteiger partial charge in [-0.15, -0.1) is 0 Å². The molecule has 0 aliphatic rings. The van der Waals surface area contributed by atoms with Crippen molar-refractivity contribution in [1.29, 1.82) is 0 Å². The van der Waals surface area contributed by atoms with Crippen molar-refractivity contribution in [3.63, 3.8) is 0 Å². The smallest absolute Gasteiger partial charge is 0.247 e. The summed E-state index contributed by atoms with van der Waals surface area (Å²) in [5, 5.41) is 0. The van der Waals surface area contributed by atoms with E-state index in [1.807, 2.05) is 0 Å². The number of aromatic amines is 1. The number of hydrogen-bond acceptors (Lipinski definition) is 0. The van der Waals surface area contributed by atoms with Crippen molar-refractivity contribution >= 4 is 0 Å². The lowest BCUT2D eigenvalue weighted by atomic mass is 9.92. The molecule has 1 aromatic rings. The molecular formula is C41H81N2+. The lowest BCUT2D eigenvalue weighted by molar-refractivity contribution is -0.727. The molecule has 1 aromatic heterocycles. The molecule has 0 spiro atoms. The second-order valence-electron chi connectivity index (χ2n) is 14.4. The highest BCUT2D eigenvalue weighted by Gasteiger charge is 2.25. The lowest BCUT2D eigenvalue weighted by Crippen LogP contribution is -2.41. The van der Waals surface area contributed by atoms with Crippen LogP contribution in [0.5, 0.6) is 0 Å². The van der Waals surface area contributed by atoms with Gasteiger partial charge in [-0.25, -0.2) is 9.55 Å². The fourth-order valence-corrected chi connectivity index (χ4v) is 7.13. The predicted molar refractivity (Wildman–Crippen MR) is 193 cm³/mol. The molecule has 0 fully saturated rings. The molecule has 2 nitrogen and oxygen atoms in total. The number of H-pyrrole nitrogens is 1. The van der Waals surface area contributed by atoms with Crippen molar-refractivity contribution in [3.8, 4) is 0 Å². The highest BCUT2D eigenvalue weighted by atomic mass is 15.1. The number of hydrogen-bond donors (Lipinski definition) is 1. The van der Waals surface area contributed by atoms with E-state index in [1.54, 1.807) is 0 Å². The summed E-state index contributed by atoms with van der Waals surface area (Å²) < 4.78 is 2.64. The van der Waals surface area contributed by atoms with Crippen molar-refractivity contribution in [1.82, 2.24) is 4.98 Å². The summed E-state index contributed by atoms with van der Waals surface area (Å²) in [5.41, 5.74) is 0. The fraction of sp³-hybridized carbons (Fsp3) is 0.927. The van der Waals surface area contributed by atoms with Crippen molar-refractivity contribution in [2.45, 2.75) is 245 Å². The van der Waals surface area contributed by atoms with Crippen LogP contribution in [0.15, 0.2) is 12.4 Å². The Balaban J connectivity index is 2.30. The van der Waals surface area contributed by atoms with Crippen LogP contribution in [0, 0.1) is 0 Å². The van der Waals surface area contributed by atoms with Gasteiger partial charge in [-0.1, -0.05) is 201 Å². The molecule has 1 rings (SSSR count). The Labute approximate surface area is 272 Å². The normalized spacial score (nSPS) is 12.5. The quantitative estimate of drug-likeness (QED) is 0.0599. The standard InChI is InChI=1S/C41H80N2/c1-5-8-11-14-17-18-19-20-21-22-23-24-27-28-31-34-39(4)43-38-37-42-41(43)40(35-32-29-25-15-12-9-6-2)36-33-30-26-16-13-10-7-3/h37-40H,5-36H2,1-4H3/p+1. The summed E-state index contributed by atoms with van der Waals surface area (Å²) in [5.74, 6) is 2.25. The lowest BCUT2D eigenvalue weighted by Gasteiger charge is -2.17. The van der Waals surface area contributed by atoms with E-state index in [2.05, 4.69) is 49.6 Å². The third-order valence-electron chi connectivity index (χ3n) is 10.1. The zero-order valence-corrected chi connectivity index (χ0v) is 30.4.